The zero-order valence-corrected chi connectivity index (χ0v) is 9.47. The fourth-order valence-electron chi connectivity index (χ4n) is 1.86. The molecule has 1 heteroatoms. The van der Waals surface area contributed by atoms with Crippen molar-refractivity contribution in [1.29, 1.82) is 0 Å². The zero-order valence-electron chi connectivity index (χ0n) is 9.47. The van der Waals surface area contributed by atoms with Crippen molar-refractivity contribution in [3.8, 4) is 0 Å². The summed E-state index contributed by atoms with van der Waals surface area (Å²) in [5.74, 6) is 1.88. The minimum atomic E-state index is 0.735. The van der Waals surface area contributed by atoms with Gasteiger partial charge in [-0.2, -0.15) is 0 Å². The molecule has 0 aromatic heterocycles. The van der Waals surface area contributed by atoms with Crippen LogP contribution in [0.1, 0.15) is 52.9 Å². The van der Waals surface area contributed by atoms with Gasteiger partial charge in [0, 0.05) is 6.04 Å². The molecule has 1 fully saturated rings. The third-order valence-electron chi connectivity index (χ3n) is 3.42. The molecule has 0 aromatic carbocycles. The lowest BCUT2D eigenvalue weighted by Crippen LogP contribution is -2.33. The lowest BCUT2D eigenvalue weighted by Gasteiger charge is -2.29. The summed E-state index contributed by atoms with van der Waals surface area (Å²) in [4.78, 5) is 0. The lowest BCUT2D eigenvalue weighted by atomic mass is 9.81. The van der Waals surface area contributed by atoms with Crippen molar-refractivity contribution >= 4 is 0 Å². The monoisotopic (exact) mass is 183 g/mol. The van der Waals surface area contributed by atoms with Gasteiger partial charge in [-0.05, 0) is 31.7 Å². The SMILES string of the molecule is CCC(C)CNC(C)CC1CCC1. The Balaban J connectivity index is 1.99. The van der Waals surface area contributed by atoms with Gasteiger partial charge in [0.25, 0.3) is 0 Å². The van der Waals surface area contributed by atoms with E-state index >= 15 is 0 Å². The number of nitrogens with one attached hydrogen (secondary N) is 1. The van der Waals surface area contributed by atoms with E-state index in [9.17, 15) is 0 Å². The molecule has 2 unspecified atom stereocenters. The van der Waals surface area contributed by atoms with Gasteiger partial charge in [-0.25, -0.2) is 0 Å². The molecule has 0 amide bonds. The van der Waals surface area contributed by atoms with E-state index in [1.807, 2.05) is 0 Å². The van der Waals surface area contributed by atoms with Crippen molar-refractivity contribution in [2.75, 3.05) is 6.54 Å². The van der Waals surface area contributed by atoms with Crippen LogP contribution in [0.2, 0.25) is 0 Å². The van der Waals surface area contributed by atoms with Crippen LogP contribution in [0.25, 0.3) is 0 Å². The van der Waals surface area contributed by atoms with E-state index in [0.29, 0.717) is 0 Å². The van der Waals surface area contributed by atoms with Gasteiger partial charge in [-0.1, -0.05) is 39.5 Å². The van der Waals surface area contributed by atoms with Crippen LogP contribution in [0, 0.1) is 11.8 Å². The predicted octanol–water partition coefficient (Wildman–Crippen LogP) is 3.20. The highest BCUT2D eigenvalue weighted by molar-refractivity contribution is 4.75. The van der Waals surface area contributed by atoms with Gasteiger partial charge in [0.15, 0.2) is 0 Å². The van der Waals surface area contributed by atoms with Crippen molar-refractivity contribution in [2.24, 2.45) is 11.8 Å². The van der Waals surface area contributed by atoms with Gasteiger partial charge >= 0.3 is 0 Å². The Morgan fingerprint density at radius 2 is 2.00 bits per heavy atom. The minimum Gasteiger partial charge on any atom is -0.314 e. The van der Waals surface area contributed by atoms with E-state index in [1.165, 1.54) is 38.6 Å². The Kier molecular flexibility index (Phi) is 4.79. The van der Waals surface area contributed by atoms with Crippen molar-refractivity contribution < 1.29 is 0 Å². The molecule has 0 radical (unpaired) electrons. The molecule has 0 aromatic rings. The maximum absolute atomic E-state index is 3.63. The molecule has 0 saturated heterocycles. The van der Waals surface area contributed by atoms with Crippen LogP contribution in [0.15, 0.2) is 0 Å². The molecule has 1 aliphatic carbocycles. The molecule has 0 heterocycles. The van der Waals surface area contributed by atoms with Crippen molar-refractivity contribution in [2.45, 2.75) is 58.9 Å². The van der Waals surface area contributed by atoms with Crippen LogP contribution >= 0.6 is 0 Å². The van der Waals surface area contributed by atoms with Gasteiger partial charge in [0.2, 0.25) is 0 Å². The first-order valence-corrected chi connectivity index (χ1v) is 5.95. The molecule has 13 heavy (non-hydrogen) atoms. The molecule has 1 nitrogen and oxygen atoms in total. The molecule has 1 N–H and O–H groups in total. The highest BCUT2D eigenvalue weighted by Crippen LogP contribution is 2.30. The smallest absolute Gasteiger partial charge is 0.00414 e. The van der Waals surface area contributed by atoms with Crippen LogP contribution < -0.4 is 5.32 Å². The summed E-state index contributed by atoms with van der Waals surface area (Å²) in [7, 11) is 0. The standard InChI is InChI=1S/C12H25N/c1-4-10(2)9-13-11(3)8-12-6-5-7-12/h10-13H,4-9H2,1-3H3. The molecule has 0 spiro atoms. The summed E-state index contributed by atoms with van der Waals surface area (Å²) >= 11 is 0. The first kappa shape index (κ1) is 11.0. The third-order valence-corrected chi connectivity index (χ3v) is 3.42. The highest BCUT2D eigenvalue weighted by Gasteiger charge is 2.19. The van der Waals surface area contributed by atoms with E-state index < -0.39 is 0 Å². The van der Waals surface area contributed by atoms with Gasteiger partial charge in [-0.15, -0.1) is 0 Å². The van der Waals surface area contributed by atoms with Crippen molar-refractivity contribution in [1.82, 2.24) is 5.32 Å². The molecular weight excluding hydrogens is 158 g/mol. The Morgan fingerprint density at radius 1 is 1.31 bits per heavy atom. The van der Waals surface area contributed by atoms with Crippen molar-refractivity contribution in [3.05, 3.63) is 0 Å². The third kappa shape index (κ3) is 4.12. The van der Waals surface area contributed by atoms with E-state index in [1.54, 1.807) is 0 Å². The fourth-order valence-corrected chi connectivity index (χ4v) is 1.86. The summed E-state index contributed by atoms with van der Waals surface area (Å²) < 4.78 is 0. The fraction of sp³-hybridized carbons (Fsp3) is 1.00. The molecule has 1 saturated carbocycles. The Hall–Kier alpha value is -0.0400. The molecule has 1 aliphatic rings. The average molecular weight is 183 g/mol. The van der Waals surface area contributed by atoms with Crippen LogP contribution in [0.5, 0.6) is 0 Å². The van der Waals surface area contributed by atoms with Gasteiger partial charge in [-0.3, -0.25) is 0 Å². The molecular formula is C12H25N. The predicted molar refractivity (Wildman–Crippen MR) is 58.9 cm³/mol. The average Bonchev–Trinajstić information content (AvgIpc) is 2.07. The Labute approximate surface area is 83.3 Å². The van der Waals surface area contributed by atoms with Crippen LogP contribution in [0.3, 0.4) is 0 Å². The summed E-state index contributed by atoms with van der Waals surface area (Å²) in [5, 5.41) is 3.63. The van der Waals surface area contributed by atoms with Gasteiger partial charge in [0.05, 0.1) is 0 Å². The van der Waals surface area contributed by atoms with Gasteiger partial charge < -0.3 is 5.32 Å². The van der Waals surface area contributed by atoms with E-state index in [2.05, 4.69) is 26.1 Å². The Morgan fingerprint density at radius 3 is 2.46 bits per heavy atom. The van der Waals surface area contributed by atoms with Crippen molar-refractivity contribution in [3.63, 3.8) is 0 Å². The van der Waals surface area contributed by atoms with Crippen LogP contribution in [-0.2, 0) is 0 Å². The minimum absolute atomic E-state index is 0.735. The highest BCUT2D eigenvalue weighted by atomic mass is 14.9. The molecule has 0 aliphatic heterocycles. The maximum atomic E-state index is 3.63. The summed E-state index contributed by atoms with van der Waals surface area (Å²) in [5.41, 5.74) is 0. The van der Waals surface area contributed by atoms with Gasteiger partial charge in [0.1, 0.15) is 0 Å². The lowest BCUT2D eigenvalue weighted by molar-refractivity contribution is 0.262. The normalized spacial score (nSPS) is 22.4. The second-order valence-corrected chi connectivity index (χ2v) is 4.86. The van der Waals surface area contributed by atoms with Crippen LogP contribution in [-0.4, -0.2) is 12.6 Å². The first-order valence-electron chi connectivity index (χ1n) is 5.95. The number of hydrogen-bond donors (Lipinski definition) is 1. The zero-order chi connectivity index (χ0) is 9.68. The topological polar surface area (TPSA) is 12.0 Å². The van der Waals surface area contributed by atoms with E-state index in [0.717, 1.165) is 17.9 Å². The van der Waals surface area contributed by atoms with E-state index in [-0.39, 0.29) is 0 Å². The quantitative estimate of drug-likeness (QED) is 0.667. The first-order chi connectivity index (χ1) is 6.22. The second kappa shape index (κ2) is 5.64. The molecule has 1 rings (SSSR count). The summed E-state index contributed by atoms with van der Waals surface area (Å²) in [6, 6.07) is 0.735. The number of rotatable bonds is 6. The largest absolute Gasteiger partial charge is 0.314 e. The molecule has 78 valence electrons. The second-order valence-electron chi connectivity index (χ2n) is 4.86. The maximum Gasteiger partial charge on any atom is 0.00414 e. The summed E-state index contributed by atoms with van der Waals surface area (Å²) in [6.07, 6.45) is 7.13. The van der Waals surface area contributed by atoms with E-state index in [4.69, 9.17) is 0 Å². The van der Waals surface area contributed by atoms with Crippen LogP contribution in [0.4, 0.5) is 0 Å². The number of hydrogen-bond acceptors (Lipinski definition) is 1. The summed E-state index contributed by atoms with van der Waals surface area (Å²) in [6.45, 7) is 8.12. The Bertz CT molecular complexity index is 129. The molecule has 2 atom stereocenters. The molecule has 0 bridgehead atoms.